The highest BCUT2D eigenvalue weighted by Crippen LogP contribution is 2.35. The van der Waals surface area contributed by atoms with Gasteiger partial charge in [-0.25, -0.2) is 4.90 Å². The molecular formula is C23H26N2O4. The summed E-state index contributed by atoms with van der Waals surface area (Å²) in [4.78, 5) is 30.2. The average Bonchev–Trinajstić information content (AvgIpc) is 2.99. The molecular weight excluding hydrogens is 368 g/mol. The van der Waals surface area contributed by atoms with Crippen LogP contribution in [0.4, 0.5) is 5.69 Å². The first-order valence-corrected chi connectivity index (χ1v) is 9.57. The Balaban J connectivity index is 2.12. The Morgan fingerprint density at radius 2 is 1.41 bits per heavy atom. The summed E-state index contributed by atoms with van der Waals surface area (Å²) in [5.41, 5.74) is 2.98. The van der Waals surface area contributed by atoms with Crippen molar-refractivity contribution in [1.29, 1.82) is 0 Å². The lowest BCUT2D eigenvalue weighted by molar-refractivity contribution is -0.120. The summed E-state index contributed by atoms with van der Waals surface area (Å²) in [6.45, 7) is 3.71. The minimum Gasteiger partial charge on any atom is -0.383 e. The van der Waals surface area contributed by atoms with Gasteiger partial charge in [0.15, 0.2) is 0 Å². The first kappa shape index (κ1) is 20.8. The molecule has 0 saturated heterocycles. The van der Waals surface area contributed by atoms with Crippen LogP contribution in [0.5, 0.6) is 0 Å². The van der Waals surface area contributed by atoms with E-state index in [1.54, 1.807) is 20.3 Å². The molecule has 0 fully saturated rings. The minimum absolute atomic E-state index is 0.315. The fraction of sp³-hybridized carbons (Fsp3) is 0.304. The number of hydrogen-bond donors (Lipinski definition) is 0. The first-order chi connectivity index (χ1) is 14.1. The molecule has 29 heavy (non-hydrogen) atoms. The van der Waals surface area contributed by atoms with Gasteiger partial charge in [-0.2, -0.15) is 0 Å². The molecule has 0 spiro atoms. The van der Waals surface area contributed by atoms with Gasteiger partial charge >= 0.3 is 0 Å². The highest BCUT2D eigenvalue weighted by molar-refractivity contribution is 6.45. The van der Waals surface area contributed by atoms with Crippen LogP contribution < -0.4 is 4.90 Å². The molecule has 1 aliphatic heterocycles. The van der Waals surface area contributed by atoms with E-state index in [4.69, 9.17) is 9.47 Å². The Morgan fingerprint density at radius 1 is 0.828 bits per heavy atom. The number of imide groups is 1. The summed E-state index contributed by atoms with van der Waals surface area (Å²) in [5.74, 6) is -0.638. The molecule has 0 aliphatic carbocycles. The van der Waals surface area contributed by atoms with Gasteiger partial charge in [0.2, 0.25) is 0 Å². The number of nitrogens with zero attached hydrogens (tertiary/aromatic N) is 2. The Labute approximate surface area is 171 Å². The quantitative estimate of drug-likeness (QED) is 0.612. The molecule has 6 nitrogen and oxygen atoms in total. The van der Waals surface area contributed by atoms with Crippen LogP contribution in [0.15, 0.2) is 60.3 Å². The summed E-state index contributed by atoms with van der Waals surface area (Å²) >= 11 is 0. The number of ether oxygens (including phenoxy) is 2. The molecule has 2 amide bonds. The number of carbonyl (C=O) groups is 2. The van der Waals surface area contributed by atoms with Crippen molar-refractivity contribution in [3.8, 4) is 0 Å². The molecule has 0 bridgehead atoms. The van der Waals surface area contributed by atoms with E-state index < -0.39 is 0 Å². The third-order valence-corrected chi connectivity index (χ3v) is 4.93. The number of anilines is 1. The van der Waals surface area contributed by atoms with E-state index in [9.17, 15) is 9.59 Å². The number of rotatable bonds is 9. The van der Waals surface area contributed by atoms with Crippen LogP contribution in [-0.4, -0.2) is 57.2 Å². The van der Waals surface area contributed by atoms with Gasteiger partial charge in [-0.3, -0.25) is 9.59 Å². The Kier molecular flexibility index (Phi) is 6.80. The third kappa shape index (κ3) is 4.23. The van der Waals surface area contributed by atoms with Crippen molar-refractivity contribution in [2.45, 2.75) is 6.92 Å². The summed E-state index contributed by atoms with van der Waals surface area (Å²) in [6.07, 6.45) is 0. The van der Waals surface area contributed by atoms with E-state index >= 15 is 0 Å². The van der Waals surface area contributed by atoms with Crippen LogP contribution in [0.1, 0.15) is 11.1 Å². The van der Waals surface area contributed by atoms with Crippen LogP contribution in [0.2, 0.25) is 0 Å². The highest BCUT2D eigenvalue weighted by atomic mass is 16.5. The second-order valence-electron chi connectivity index (χ2n) is 6.79. The van der Waals surface area contributed by atoms with Gasteiger partial charge in [0.1, 0.15) is 5.70 Å². The predicted molar refractivity (Wildman–Crippen MR) is 112 cm³/mol. The van der Waals surface area contributed by atoms with Gasteiger partial charge < -0.3 is 14.4 Å². The van der Waals surface area contributed by atoms with Crippen LogP contribution in [0, 0.1) is 6.92 Å². The molecule has 1 aliphatic rings. The largest absolute Gasteiger partial charge is 0.383 e. The van der Waals surface area contributed by atoms with E-state index in [-0.39, 0.29) is 11.8 Å². The van der Waals surface area contributed by atoms with E-state index in [0.29, 0.717) is 43.3 Å². The maximum atomic E-state index is 13.5. The second-order valence-corrected chi connectivity index (χ2v) is 6.79. The molecule has 6 heteroatoms. The van der Waals surface area contributed by atoms with Gasteiger partial charge in [-0.1, -0.05) is 48.5 Å². The van der Waals surface area contributed by atoms with Crippen LogP contribution in [-0.2, 0) is 19.1 Å². The zero-order chi connectivity index (χ0) is 20.8. The molecule has 0 saturated carbocycles. The van der Waals surface area contributed by atoms with E-state index in [2.05, 4.69) is 0 Å². The molecule has 0 N–H and O–H groups in total. The van der Waals surface area contributed by atoms with Gasteiger partial charge in [-0.05, 0) is 24.1 Å². The normalized spacial score (nSPS) is 14.1. The number of methoxy groups -OCH3 is 2. The maximum absolute atomic E-state index is 13.5. The summed E-state index contributed by atoms with van der Waals surface area (Å²) in [6, 6.07) is 16.7. The smallest absolute Gasteiger partial charge is 0.282 e. The lowest BCUT2D eigenvalue weighted by atomic mass is 10.0. The monoisotopic (exact) mass is 394 g/mol. The number of amides is 2. The number of hydrogen-bond acceptors (Lipinski definition) is 5. The zero-order valence-electron chi connectivity index (χ0n) is 17.1. The molecule has 2 aromatic rings. The predicted octanol–water partition coefficient (Wildman–Crippen LogP) is 2.87. The van der Waals surface area contributed by atoms with Crippen molar-refractivity contribution in [2.24, 2.45) is 0 Å². The molecule has 0 aromatic heterocycles. The Hall–Kier alpha value is -2.96. The number of benzene rings is 2. The number of carbonyl (C=O) groups excluding carboxylic acids is 2. The molecule has 0 unspecified atom stereocenters. The lowest BCUT2D eigenvalue weighted by Crippen LogP contribution is -2.38. The van der Waals surface area contributed by atoms with Gasteiger partial charge in [0.25, 0.3) is 11.8 Å². The third-order valence-electron chi connectivity index (χ3n) is 4.93. The Morgan fingerprint density at radius 3 is 2.00 bits per heavy atom. The maximum Gasteiger partial charge on any atom is 0.282 e. The topological polar surface area (TPSA) is 59.1 Å². The number of aryl methyl sites for hydroxylation is 1. The molecule has 2 aromatic carbocycles. The fourth-order valence-corrected chi connectivity index (χ4v) is 3.45. The summed E-state index contributed by atoms with van der Waals surface area (Å²) < 4.78 is 10.5. The fourth-order valence-electron chi connectivity index (χ4n) is 3.45. The number of para-hydroxylation sites is 1. The van der Waals surface area contributed by atoms with Gasteiger partial charge in [0.05, 0.1) is 24.5 Å². The minimum atomic E-state index is -0.324. The van der Waals surface area contributed by atoms with Crippen LogP contribution >= 0.6 is 0 Å². The molecule has 152 valence electrons. The molecule has 1 heterocycles. The second kappa shape index (κ2) is 9.49. The van der Waals surface area contributed by atoms with E-state index in [1.807, 2.05) is 60.4 Å². The highest BCUT2D eigenvalue weighted by Gasteiger charge is 2.42. The van der Waals surface area contributed by atoms with E-state index in [1.165, 1.54) is 4.90 Å². The van der Waals surface area contributed by atoms with Crippen molar-refractivity contribution in [2.75, 3.05) is 45.4 Å². The van der Waals surface area contributed by atoms with Gasteiger partial charge in [-0.15, -0.1) is 0 Å². The summed E-state index contributed by atoms with van der Waals surface area (Å²) in [5, 5.41) is 0. The van der Waals surface area contributed by atoms with Crippen molar-refractivity contribution in [1.82, 2.24) is 4.90 Å². The Bertz CT molecular complexity index is 900. The van der Waals surface area contributed by atoms with Crippen molar-refractivity contribution in [3.63, 3.8) is 0 Å². The first-order valence-electron chi connectivity index (χ1n) is 9.57. The van der Waals surface area contributed by atoms with Crippen molar-refractivity contribution < 1.29 is 19.1 Å². The van der Waals surface area contributed by atoms with Crippen molar-refractivity contribution in [3.05, 3.63) is 71.4 Å². The van der Waals surface area contributed by atoms with Crippen LogP contribution in [0.25, 0.3) is 5.57 Å². The lowest BCUT2D eigenvalue weighted by Gasteiger charge is -2.26. The zero-order valence-corrected chi connectivity index (χ0v) is 17.1. The standard InChI is InChI=1S/C23H26N2O4/c1-17-9-7-8-12-19(17)25-22(26)20(18-10-5-4-6-11-18)21(23(25)27)24(13-15-28-2)14-16-29-3/h4-12H,13-16H2,1-3H3. The van der Waals surface area contributed by atoms with Gasteiger partial charge in [0, 0.05) is 27.3 Å². The molecule has 3 rings (SSSR count). The molecule has 0 atom stereocenters. The average molecular weight is 394 g/mol. The van der Waals surface area contributed by atoms with E-state index in [0.717, 1.165) is 11.1 Å². The van der Waals surface area contributed by atoms with Crippen LogP contribution in [0.3, 0.4) is 0 Å². The summed E-state index contributed by atoms with van der Waals surface area (Å²) in [7, 11) is 3.23. The van der Waals surface area contributed by atoms with Crippen molar-refractivity contribution >= 4 is 23.1 Å². The SMILES string of the molecule is COCCN(CCOC)C1=C(c2ccccc2)C(=O)N(c2ccccc2C)C1=O. The molecule has 0 radical (unpaired) electrons.